The Bertz CT molecular complexity index is 964. The van der Waals surface area contributed by atoms with Gasteiger partial charge in [-0.1, -0.05) is 23.2 Å². The topological polar surface area (TPSA) is 66.9 Å². The van der Waals surface area contributed by atoms with Gasteiger partial charge in [-0.05, 0) is 55.5 Å². The molecule has 0 unspecified atom stereocenters. The second-order valence-corrected chi connectivity index (χ2v) is 6.27. The SMILES string of the molecule is Cc1cc(C(=O)Nc2cc(Cl)ccc2Cl)nc(Nc2ccc(F)cc2)n1. The molecule has 0 saturated heterocycles. The first-order valence-corrected chi connectivity index (χ1v) is 8.31. The predicted octanol–water partition coefficient (Wildman–Crippen LogP) is 5.23. The summed E-state index contributed by atoms with van der Waals surface area (Å²) in [5.74, 6) is -0.583. The zero-order chi connectivity index (χ0) is 18.7. The van der Waals surface area contributed by atoms with Crippen LogP contribution >= 0.6 is 23.2 Å². The molecule has 3 aromatic rings. The van der Waals surface area contributed by atoms with E-state index in [4.69, 9.17) is 23.2 Å². The summed E-state index contributed by atoms with van der Waals surface area (Å²) >= 11 is 12.0. The molecule has 26 heavy (non-hydrogen) atoms. The van der Waals surface area contributed by atoms with Crippen molar-refractivity contribution in [1.29, 1.82) is 0 Å². The molecule has 0 aliphatic rings. The summed E-state index contributed by atoms with van der Waals surface area (Å²) in [6.45, 7) is 1.74. The first-order chi connectivity index (χ1) is 12.4. The number of aryl methyl sites for hydroxylation is 1. The summed E-state index contributed by atoms with van der Waals surface area (Å²) in [7, 11) is 0. The zero-order valence-corrected chi connectivity index (χ0v) is 15.1. The van der Waals surface area contributed by atoms with Crippen molar-refractivity contribution in [3.8, 4) is 0 Å². The van der Waals surface area contributed by atoms with Gasteiger partial charge in [-0.25, -0.2) is 14.4 Å². The van der Waals surface area contributed by atoms with E-state index in [0.29, 0.717) is 27.1 Å². The molecule has 0 fully saturated rings. The van der Waals surface area contributed by atoms with Crippen molar-refractivity contribution in [2.45, 2.75) is 6.92 Å². The highest BCUT2D eigenvalue weighted by Crippen LogP contribution is 2.26. The standard InChI is InChI=1S/C18H13Cl2FN4O/c1-10-8-16(17(26)24-15-9-11(19)2-7-14(15)20)25-18(22-10)23-13-5-3-12(21)4-6-13/h2-9H,1H3,(H,24,26)(H,22,23,25). The minimum atomic E-state index is -0.457. The van der Waals surface area contributed by atoms with Crippen molar-refractivity contribution in [2.24, 2.45) is 0 Å². The van der Waals surface area contributed by atoms with E-state index in [1.807, 2.05) is 0 Å². The molecule has 1 amide bonds. The Kier molecular flexibility index (Phi) is 5.35. The van der Waals surface area contributed by atoms with Gasteiger partial charge in [0.05, 0.1) is 10.7 Å². The lowest BCUT2D eigenvalue weighted by molar-refractivity contribution is 0.102. The Morgan fingerprint density at radius 3 is 2.50 bits per heavy atom. The number of hydrogen-bond donors (Lipinski definition) is 2. The predicted molar refractivity (Wildman–Crippen MR) is 101 cm³/mol. The number of carbonyl (C=O) groups is 1. The quantitative estimate of drug-likeness (QED) is 0.640. The van der Waals surface area contributed by atoms with Crippen molar-refractivity contribution in [2.75, 3.05) is 10.6 Å². The molecule has 5 nitrogen and oxygen atoms in total. The van der Waals surface area contributed by atoms with Crippen molar-refractivity contribution in [1.82, 2.24) is 9.97 Å². The van der Waals surface area contributed by atoms with Gasteiger partial charge in [-0.2, -0.15) is 0 Å². The molecular formula is C18H13Cl2FN4O. The number of benzene rings is 2. The molecule has 0 atom stereocenters. The van der Waals surface area contributed by atoms with E-state index in [9.17, 15) is 9.18 Å². The maximum atomic E-state index is 13.0. The average Bonchev–Trinajstić information content (AvgIpc) is 2.59. The van der Waals surface area contributed by atoms with Crippen molar-refractivity contribution < 1.29 is 9.18 Å². The lowest BCUT2D eigenvalue weighted by Gasteiger charge is -2.10. The Morgan fingerprint density at radius 2 is 1.77 bits per heavy atom. The zero-order valence-electron chi connectivity index (χ0n) is 13.6. The van der Waals surface area contributed by atoms with Crippen LogP contribution in [0.1, 0.15) is 16.2 Å². The number of hydrogen-bond acceptors (Lipinski definition) is 4. The number of aromatic nitrogens is 2. The lowest BCUT2D eigenvalue weighted by atomic mass is 10.2. The van der Waals surface area contributed by atoms with Crippen LogP contribution in [-0.4, -0.2) is 15.9 Å². The largest absolute Gasteiger partial charge is 0.324 e. The molecule has 0 aliphatic heterocycles. The molecule has 2 N–H and O–H groups in total. The number of nitrogens with zero attached hydrogens (tertiary/aromatic N) is 2. The second-order valence-electron chi connectivity index (χ2n) is 5.43. The highest BCUT2D eigenvalue weighted by Gasteiger charge is 2.13. The van der Waals surface area contributed by atoms with E-state index in [1.165, 1.54) is 12.1 Å². The number of rotatable bonds is 4. The smallest absolute Gasteiger partial charge is 0.274 e. The summed E-state index contributed by atoms with van der Waals surface area (Å²) in [5, 5.41) is 6.41. The van der Waals surface area contributed by atoms with Gasteiger partial charge >= 0.3 is 0 Å². The van der Waals surface area contributed by atoms with Gasteiger partial charge in [-0.3, -0.25) is 4.79 Å². The molecule has 1 aromatic heterocycles. The van der Waals surface area contributed by atoms with Crippen molar-refractivity contribution in [3.63, 3.8) is 0 Å². The summed E-state index contributed by atoms with van der Waals surface area (Å²) in [6.07, 6.45) is 0. The molecule has 0 bridgehead atoms. The van der Waals surface area contributed by atoms with Gasteiger partial charge in [0.25, 0.3) is 5.91 Å². The van der Waals surface area contributed by atoms with Gasteiger partial charge in [0.1, 0.15) is 11.5 Å². The van der Waals surface area contributed by atoms with Crippen LogP contribution in [0.15, 0.2) is 48.5 Å². The lowest BCUT2D eigenvalue weighted by Crippen LogP contribution is -2.15. The van der Waals surface area contributed by atoms with Crippen LogP contribution in [0.4, 0.5) is 21.7 Å². The van der Waals surface area contributed by atoms with Gasteiger partial charge in [0.15, 0.2) is 0 Å². The van der Waals surface area contributed by atoms with E-state index in [0.717, 1.165) is 0 Å². The highest BCUT2D eigenvalue weighted by atomic mass is 35.5. The first-order valence-electron chi connectivity index (χ1n) is 7.55. The van der Waals surface area contributed by atoms with Crippen LogP contribution < -0.4 is 10.6 Å². The molecule has 2 aromatic carbocycles. The minimum Gasteiger partial charge on any atom is -0.324 e. The molecule has 8 heteroatoms. The van der Waals surface area contributed by atoms with Crippen molar-refractivity contribution >= 4 is 46.4 Å². The van der Waals surface area contributed by atoms with Gasteiger partial charge in [-0.15, -0.1) is 0 Å². The number of anilines is 3. The molecule has 132 valence electrons. The molecule has 0 spiro atoms. The van der Waals surface area contributed by atoms with Crippen LogP contribution in [-0.2, 0) is 0 Å². The van der Waals surface area contributed by atoms with Crippen LogP contribution in [0, 0.1) is 12.7 Å². The third-order valence-corrected chi connectivity index (χ3v) is 3.93. The van der Waals surface area contributed by atoms with Crippen LogP contribution in [0.2, 0.25) is 10.0 Å². The number of nitrogens with one attached hydrogen (secondary N) is 2. The molecular weight excluding hydrogens is 378 g/mol. The number of halogens is 3. The first kappa shape index (κ1) is 18.1. The Balaban J connectivity index is 1.83. The van der Waals surface area contributed by atoms with E-state index < -0.39 is 5.91 Å². The summed E-state index contributed by atoms with van der Waals surface area (Å²) in [5.41, 5.74) is 1.72. The summed E-state index contributed by atoms with van der Waals surface area (Å²) < 4.78 is 13.0. The monoisotopic (exact) mass is 390 g/mol. The minimum absolute atomic E-state index is 0.151. The maximum absolute atomic E-state index is 13.0. The van der Waals surface area contributed by atoms with Crippen LogP contribution in [0.3, 0.4) is 0 Å². The summed E-state index contributed by atoms with van der Waals surface area (Å²) in [6, 6.07) is 12.0. The third-order valence-electron chi connectivity index (χ3n) is 3.36. The van der Waals surface area contributed by atoms with Crippen LogP contribution in [0.25, 0.3) is 0 Å². The van der Waals surface area contributed by atoms with E-state index >= 15 is 0 Å². The maximum Gasteiger partial charge on any atom is 0.274 e. The fraction of sp³-hybridized carbons (Fsp3) is 0.0556. The second kappa shape index (κ2) is 7.68. The van der Waals surface area contributed by atoms with E-state index in [2.05, 4.69) is 20.6 Å². The van der Waals surface area contributed by atoms with E-state index in [-0.39, 0.29) is 17.5 Å². The molecule has 0 radical (unpaired) electrons. The molecule has 3 rings (SSSR count). The van der Waals surface area contributed by atoms with Gasteiger partial charge < -0.3 is 10.6 Å². The Labute approximate surface area is 159 Å². The highest BCUT2D eigenvalue weighted by molar-refractivity contribution is 6.35. The normalized spacial score (nSPS) is 10.5. The Morgan fingerprint density at radius 1 is 1.04 bits per heavy atom. The van der Waals surface area contributed by atoms with Crippen molar-refractivity contribution in [3.05, 3.63) is 75.8 Å². The molecule has 0 aliphatic carbocycles. The van der Waals surface area contributed by atoms with E-state index in [1.54, 1.807) is 43.3 Å². The fourth-order valence-electron chi connectivity index (χ4n) is 2.18. The van der Waals surface area contributed by atoms with Crippen LogP contribution in [0.5, 0.6) is 0 Å². The fourth-order valence-corrected chi connectivity index (χ4v) is 2.52. The average molecular weight is 391 g/mol. The Hall–Kier alpha value is -2.70. The third kappa shape index (κ3) is 4.47. The van der Waals surface area contributed by atoms with Gasteiger partial charge in [0.2, 0.25) is 5.95 Å². The van der Waals surface area contributed by atoms with Gasteiger partial charge in [0, 0.05) is 16.4 Å². The molecule has 0 saturated carbocycles. The number of carbonyl (C=O) groups excluding carboxylic acids is 1. The molecule has 1 heterocycles. The summed E-state index contributed by atoms with van der Waals surface area (Å²) in [4.78, 5) is 20.9. The number of amides is 1.